The summed E-state index contributed by atoms with van der Waals surface area (Å²) in [5.41, 5.74) is 2.41. The summed E-state index contributed by atoms with van der Waals surface area (Å²) in [6.45, 7) is 0.849. The van der Waals surface area contributed by atoms with Gasteiger partial charge in [-0.3, -0.25) is 4.79 Å². The quantitative estimate of drug-likeness (QED) is 0.633. The molecule has 6 nitrogen and oxygen atoms in total. The van der Waals surface area contributed by atoms with Crippen molar-refractivity contribution < 1.29 is 19.4 Å². The number of carbonyl (C=O) groups excluding carboxylic acids is 1. The molecule has 0 aliphatic carbocycles. The SMILES string of the molecule is O=C(O)COCCNC(=O)[C@H]1Cc2ccccc2CN1. The highest BCUT2D eigenvalue weighted by molar-refractivity contribution is 5.82. The number of benzene rings is 1. The molecule has 6 heteroatoms. The summed E-state index contributed by atoms with van der Waals surface area (Å²) in [5, 5.41) is 14.3. The highest BCUT2D eigenvalue weighted by Crippen LogP contribution is 2.16. The molecule has 1 aromatic carbocycles. The molecule has 1 aromatic rings. The predicted molar refractivity (Wildman–Crippen MR) is 72.2 cm³/mol. The van der Waals surface area contributed by atoms with Crippen molar-refractivity contribution in [2.24, 2.45) is 0 Å². The first kappa shape index (κ1) is 14.5. The molecule has 0 unspecified atom stereocenters. The highest BCUT2D eigenvalue weighted by Gasteiger charge is 2.23. The Hall–Kier alpha value is -1.92. The molecule has 0 bridgehead atoms. The summed E-state index contributed by atoms with van der Waals surface area (Å²) >= 11 is 0. The van der Waals surface area contributed by atoms with Gasteiger partial charge in [-0.05, 0) is 17.5 Å². The molecule has 0 radical (unpaired) electrons. The molecule has 1 aliphatic rings. The molecule has 20 heavy (non-hydrogen) atoms. The van der Waals surface area contributed by atoms with Gasteiger partial charge in [-0.25, -0.2) is 4.79 Å². The number of rotatable bonds is 6. The van der Waals surface area contributed by atoms with Gasteiger partial charge in [0.25, 0.3) is 0 Å². The standard InChI is InChI=1S/C14H18N2O4/c17-13(18)9-20-6-5-15-14(19)12-7-10-3-1-2-4-11(10)8-16-12/h1-4,12,16H,5-9H2,(H,15,19)(H,17,18)/t12-/m1/s1. The Bertz CT molecular complexity index is 490. The van der Waals surface area contributed by atoms with Gasteiger partial charge in [0.15, 0.2) is 0 Å². The maximum absolute atomic E-state index is 12.0. The van der Waals surface area contributed by atoms with Crippen molar-refractivity contribution in [3.05, 3.63) is 35.4 Å². The van der Waals surface area contributed by atoms with Crippen LogP contribution in [0.1, 0.15) is 11.1 Å². The van der Waals surface area contributed by atoms with E-state index in [9.17, 15) is 9.59 Å². The Kier molecular flexibility index (Phi) is 5.09. The van der Waals surface area contributed by atoms with Crippen molar-refractivity contribution in [3.63, 3.8) is 0 Å². The second-order valence-corrected chi connectivity index (χ2v) is 4.64. The Balaban J connectivity index is 1.73. The number of ether oxygens (including phenoxy) is 1. The second-order valence-electron chi connectivity index (χ2n) is 4.64. The lowest BCUT2D eigenvalue weighted by molar-refractivity contribution is -0.142. The normalized spacial score (nSPS) is 17.3. The van der Waals surface area contributed by atoms with Gasteiger partial charge in [0.2, 0.25) is 5.91 Å². The maximum Gasteiger partial charge on any atom is 0.329 e. The fraction of sp³-hybridized carbons (Fsp3) is 0.429. The van der Waals surface area contributed by atoms with Crippen molar-refractivity contribution in [2.75, 3.05) is 19.8 Å². The molecule has 0 saturated carbocycles. The number of fused-ring (bicyclic) bond motifs is 1. The van der Waals surface area contributed by atoms with E-state index < -0.39 is 5.97 Å². The zero-order valence-corrected chi connectivity index (χ0v) is 11.1. The second kappa shape index (κ2) is 7.02. The summed E-state index contributed by atoms with van der Waals surface area (Å²) in [6, 6.07) is 7.80. The van der Waals surface area contributed by atoms with Crippen molar-refractivity contribution in [1.29, 1.82) is 0 Å². The van der Waals surface area contributed by atoms with E-state index in [1.807, 2.05) is 18.2 Å². The predicted octanol–water partition coefficient (Wildman–Crippen LogP) is -0.0817. The molecule has 108 valence electrons. The van der Waals surface area contributed by atoms with Crippen LogP contribution >= 0.6 is 0 Å². The first-order valence-corrected chi connectivity index (χ1v) is 6.54. The lowest BCUT2D eigenvalue weighted by Crippen LogP contribution is -2.48. The smallest absolute Gasteiger partial charge is 0.329 e. The topological polar surface area (TPSA) is 87.7 Å². The van der Waals surface area contributed by atoms with Crippen LogP contribution < -0.4 is 10.6 Å². The first-order valence-electron chi connectivity index (χ1n) is 6.54. The van der Waals surface area contributed by atoms with Gasteiger partial charge in [-0.1, -0.05) is 24.3 Å². The fourth-order valence-corrected chi connectivity index (χ4v) is 2.17. The molecular weight excluding hydrogens is 260 g/mol. The van der Waals surface area contributed by atoms with Gasteiger partial charge >= 0.3 is 5.97 Å². The van der Waals surface area contributed by atoms with Crippen molar-refractivity contribution in [3.8, 4) is 0 Å². The van der Waals surface area contributed by atoms with Crippen LogP contribution in [0.3, 0.4) is 0 Å². The van der Waals surface area contributed by atoms with Crippen molar-refractivity contribution >= 4 is 11.9 Å². The number of carbonyl (C=O) groups is 2. The zero-order valence-electron chi connectivity index (χ0n) is 11.1. The molecule has 2 rings (SSSR count). The Morgan fingerprint density at radius 1 is 1.35 bits per heavy atom. The van der Waals surface area contributed by atoms with E-state index in [2.05, 4.69) is 16.7 Å². The largest absolute Gasteiger partial charge is 0.480 e. The van der Waals surface area contributed by atoms with Crippen molar-refractivity contribution in [2.45, 2.75) is 19.0 Å². The average Bonchev–Trinajstić information content (AvgIpc) is 2.46. The number of hydrogen-bond acceptors (Lipinski definition) is 4. The highest BCUT2D eigenvalue weighted by atomic mass is 16.5. The van der Waals surface area contributed by atoms with E-state index in [-0.39, 0.29) is 25.2 Å². The van der Waals surface area contributed by atoms with Crippen LogP contribution in [-0.2, 0) is 27.3 Å². The third kappa shape index (κ3) is 4.04. The molecule has 0 spiro atoms. The van der Waals surface area contributed by atoms with Crippen LogP contribution in [-0.4, -0.2) is 42.8 Å². The molecule has 1 atom stereocenters. The van der Waals surface area contributed by atoms with E-state index >= 15 is 0 Å². The minimum atomic E-state index is -1.01. The van der Waals surface area contributed by atoms with Gasteiger partial charge in [0.1, 0.15) is 6.61 Å². The van der Waals surface area contributed by atoms with Gasteiger partial charge < -0.3 is 20.5 Å². The molecule has 0 fully saturated rings. The molecule has 1 amide bonds. The van der Waals surface area contributed by atoms with E-state index in [0.717, 1.165) is 0 Å². The van der Waals surface area contributed by atoms with Gasteiger partial charge in [-0.2, -0.15) is 0 Å². The van der Waals surface area contributed by atoms with E-state index in [4.69, 9.17) is 9.84 Å². The molecule has 3 N–H and O–H groups in total. The first-order chi connectivity index (χ1) is 9.66. The third-order valence-electron chi connectivity index (χ3n) is 3.17. The summed E-state index contributed by atoms with van der Waals surface area (Å²) < 4.78 is 4.85. The number of nitrogens with one attached hydrogen (secondary N) is 2. The number of aliphatic carboxylic acids is 1. The number of carboxylic acids is 1. The van der Waals surface area contributed by atoms with Crippen LogP contribution in [0, 0.1) is 0 Å². The van der Waals surface area contributed by atoms with E-state index in [0.29, 0.717) is 19.5 Å². The Morgan fingerprint density at radius 2 is 2.10 bits per heavy atom. The van der Waals surface area contributed by atoms with Crippen LogP contribution in [0.2, 0.25) is 0 Å². The number of carboxylic acid groups (broad SMARTS) is 1. The van der Waals surface area contributed by atoms with E-state index in [1.165, 1.54) is 11.1 Å². The van der Waals surface area contributed by atoms with Gasteiger partial charge in [0.05, 0.1) is 12.6 Å². The Labute approximate surface area is 117 Å². The van der Waals surface area contributed by atoms with Crippen molar-refractivity contribution in [1.82, 2.24) is 10.6 Å². The third-order valence-corrected chi connectivity index (χ3v) is 3.17. The number of hydrogen-bond donors (Lipinski definition) is 3. The van der Waals surface area contributed by atoms with Crippen LogP contribution in [0.15, 0.2) is 24.3 Å². The lowest BCUT2D eigenvalue weighted by Gasteiger charge is -2.25. The maximum atomic E-state index is 12.0. The monoisotopic (exact) mass is 278 g/mol. The molecular formula is C14H18N2O4. The molecule has 0 saturated heterocycles. The summed E-state index contributed by atoms with van der Waals surface area (Å²) in [5.74, 6) is -1.10. The van der Waals surface area contributed by atoms with E-state index in [1.54, 1.807) is 0 Å². The van der Waals surface area contributed by atoms with Gasteiger partial charge in [0, 0.05) is 13.1 Å². The molecule has 0 aromatic heterocycles. The van der Waals surface area contributed by atoms with Crippen LogP contribution in [0.4, 0.5) is 0 Å². The Morgan fingerprint density at radius 3 is 2.85 bits per heavy atom. The summed E-state index contributed by atoms with van der Waals surface area (Å²) in [7, 11) is 0. The summed E-state index contributed by atoms with van der Waals surface area (Å²) in [4.78, 5) is 22.2. The zero-order chi connectivity index (χ0) is 14.4. The van der Waals surface area contributed by atoms with Crippen LogP contribution in [0.5, 0.6) is 0 Å². The molecule has 1 heterocycles. The summed E-state index contributed by atoms with van der Waals surface area (Å²) in [6.07, 6.45) is 0.665. The van der Waals surface area contributed by atoms with Gasteiger partial charge in [-0.15, -0.1) is 0 Å². The van der Waals surface area contributed by atoms with Crippen LogP contribution in [0.25, 0.3) is 0 Å². The minimum Gasteiger partial charge on any atom is -0.480 e. The average molecular weight is 278 g/mol. The number of amides is 1. The molecule has 1 aliphatic heterocycles. The lowest BCUT2D eigenvalue weighted by atomic mass is 9.95. The minimum absolute atomic E-state index is 0.0848. The fourth-order valence-electron chi connectivity index (χ4n) is 2.17.